The van der Waals surface area contributed by atoms with E-state index in [4.69, 9.17) is 19.0 Å². The van der Waals surface area contributed by atoms with Gasteiger partial charge in [0.1, 0.15) is 0 Å². The minimum absolute atomic E-state index is 0.508. The SMILES string of the molecule is CCO[Si](CCCNC(N)=O)(OC)OCC. The molecule has 0 aromatic heterocycles. The molecule has 0 radical (unpaired) electrons. The van der Waals surface area contributed by atoms with Crippen LogP contribution in [-0.2, 0) is 13.3 Å². The van der Waals surface area contributed by atoms with Gasteiger partial charge in [0.2, 0.25) is 0 Å². The van der Waals surface area contributed by atoms with E-state index in [9.17, 15) is 4.79 Å². The summed E-state index contributed by atoms with van der Waals surface area (Å²) in [5.74, 6) is 0. The molecule has 0 aliphatic rings. The zero-order valence-electron chi connectivity index (χ0n) is 10.2. The molecule has 0 bridgehead atoms. The Labute approximate surface area is 97.8 Å². The lowest BCUT2D eigenvalue weighted by atomic mass is 10.5. The molecule has 7 heteroatoms. The van der Waals surface area contributed by atoms with Gasteiger partial charge in [-0.05, 0) is 20.3 Å². The van der Waals surface area contributed by atoms with Gasteiger partial charge in [-0.25, -0.2) is 4.79 Å². The van der Waals surface area contributed by atoms with E-state index in [1.54, 1.807) is 7.11 Å². The number of amides is 2. The molecule has 0 aromatic rings. The summed E-state index contributed by atoms with van der Waals surface area (Å²) < 4.78 is 16.5. The Morgan fingerprint density at radius 1 is 1.31 bits per heavy atom. The maximum absolute atomic E-state index is 10.5. The van der Waals surface area contributed by atoms with Crippen LogP contribution in [0.2, 0.25) is 6.04 Å². The summed E-state index contributed by atoms with van der Waals surface area (Å²) in [5.41, 5.74) is 4.96. The maximum atomic E-state index is 10.5. The summed E-state index contributed by atoms with van der Waals surface area (Å²) in [7, 11) is -0.937. The van der Waals surface area contributed by atoms with Gasteiger partial charge in [0, 0.05) is 32.9 Å². The van der Waals surface area contributed by atoms with Crippen molar-refractivity contribution in [2.45, 2.75) is 26.3 Å². The van der Waals surface area contributed by atoms with Gasteiger partial charge in [0.25, 0.3) is 0 Å². The van der Waals surface area contributed by atoms with E-state index in [0.717, 1.165) is 6.42 Å². The molecule has 0 aromatic carbocycles. The maximum Gasteiger partial charge on any atom is 0.500 e. The summed E-state index contributed by atoms with van der Waals surface area (Å²) in [6.07, 6.45) is 0.725. The number of carbonyl (C=O) groups is 1. The molecule has 0 saturated heterocycles. The second-order valence-electron chi connectivity index (χ2n) is 3.15. The summed E-state index contributed by atoms with van der Waals surface area (Å²) in [4.78, 5) is 10.5. The van der Waals surface area contributed by atoms with Gasteiger partial charge in [-0.3, -0.25) is 0 Å². The quantitative estimate of drug-likeness (QED) is 0.466. The van der Waals surface area contributed by atoms with Crippen molar-refractivity contribution >= 4 is 14.8 Å². The normalized spacial score (nSPS) is 11.4. The summed E-state index contributed by atoms with van der Waals surface area (Å²) in [5, 5.41) is 2.52. The van der Waals surface area contributed by atoms with E-state index in [2.05, 4.69) is 5.32 Å². The lowest BCUT2D eigenvalue weighted by Crippen LogP contribution is -2.45. The molecule has 0 rings (SSSR count). The number of rotatable bonds is 9. The average Bonchev–Trinajstić information content (AvgIpc) is 2.24. The summed E-state index contributed by atoms with van der Waals surface area (Å²) in [6, 6.07) is 0.156. The van der Waals surface area contributed by atoms with Crippen LogP contribution in [-0.4, -0.2) is 41.7 Å². The lowest BCUT2D eigenvalue weighted by Gasteiger charge is -2.27. The van der Waals surface area contributed by atoms with Crippen LogP contribution in [0.3, 0.4) is 0 Å². The molecule has 0 spiro atoms. The van der Waals surface area contributed by atoms with Gasteiger partial charge in [0.15, 0.2) is 0 Å². The van der Waals surface area contributed by atoms with Crippen molar-refractivity contribution in [1.82, 2.24) is 5.32 Å². The first-order valence-corrected chi connectivity index (χ1v) is 7.39. The van der Waals surface area contributed by atoms with Gasteiger partial charge in [-0.1, -0.05) is 0 Å². The Morgan fingerprint density at radius 3 is 2.25 bits per heavy atom. The highest BCUT2D eigenvalue weighted by atomic mass is 28.4. The van der Waals surface area contributed by atoms with Crippen molar-refractivity contribution in [3.8, 4) is 0 Å². The fraction of sp³-hybridized carbons (Fsp3) is 0.889. The molecule has 0 heterocycles. The molecule has 0 aliphatic heterocycles. The third-order valence-electron chi connectivity index (χ3n) is 2.00. The van der Waals surface area contributed by atoms with Crippen molar-refractivity contribution < 1.29 is 18.1 Å². The lowest BCUT2D eigenvalue weighted by molar-refractivity contribution is 0.0861. The Balaban J connectivity index is 4.03. The number of nitrogens with one attached hydrogen (secondary N) is 1. The third-order valence-corrected chi connectivity index (χ3v) is 5.04. The van der Waals surface area contributed by atoms with Crippen LogP contribution in [0.5, 0.6) is 0 Å². The highest BCUT2D eigenvalue weighted by Gasteiger charge is 2.38. The molecular formula is C9H22N2O4Si. The van der Waals surface area contributed by atoms with Gasteiger partial charge >= 0.3 is 14.8 Å². The van der Waals surface area contributed by atoms with E-state index in [0.29, 0.717) is 25.8 Å². The van der Waals surface area contributed by atoms with Crippen molar-refractivity contribution in [2.24, 2.45) is 5.73 Å². The molecule has 96 valence electrons. The number of nitrogens with two attached hydrogens (primary N) is 1. The highest BCUT2D eigenvalue weighted by molar-refractivity contribution is 6.60. The number of primary amides is 1. The summed E-state index contributed by atoms with van der Waals surface area (Å²) >= 11 is 0. The smallest absolute Gasteiger partial charge is 0.377 e. The molecule has 16 heavy (non-hydrogen) atoms. The average molecular weight is 250 g/mol. The van der Waals surface area contributed by atoms with Crippen LogP contribution in [0, 0.1) is 0 Å². The van der Waals surface area contributed by atoms with Crippen LogP contribution < -0.4 is 11.1 Å². The third kappa shape index (κ3) is 6.06. The van der Waals surface area contributed by atoms with Crippen LogP contribution in [0.25, 0.3) is 0 Å². The number of urea groups is 1. The molecule has 2 amide bonds. The van der Waals surface area contributed by atoms with Crippen molar-refractivity contribution in [2.75, 3.05) is 26.9 Å². The first-order chi connectivity index (χ1) is 7.60. The van der Waals surface area contributed by atoms with E-state index >= 15 is 0 Å². The largest absolute Gasteiger partial charge is 0.500 e. The molecule has 0 saturated carbocycles. The molecule has 3 N–H and O–H groups in total. The van der Waals surface area contributed by atoms with Crippen molar-refractivity contribution in [3.05, 3.63) is 0 Å². The molecule has 0 unspecified atom stereocenters. The van der Waals surface area contributed by atoms with Gasteiger partial charge in [-0.2, -0.15) is 0 Å². The van der Waals surface area contributed by atoms with E-state index in [1.165, 1.54) is 0 Å². The van der Waals surface area contributed by atoms with Gasteiger partial charge in [0.05, 0.1) is 0 Å². The summed E-state index contributed by atoms with van der Waals surface area (Å²) in [6.45, 7) is 5.43. The molecule has 0 fully saturated rings. The minimum Gasteiger partial charge on any atom is -0.377 e. The number of hydrogen-bond acceptors (Lipinski definition) is 4. The Kier molecular flexibility index (Phi) is 8.17. The fourth-order valence-corrected chi connectivity index (χ4v) is 3.66. The van der Waals surface area contributed by atoms with Crippen molar-refractivity contribution in [1.29, 1.82) is 0 Å². The van der Waals surface area contributed by atoms with Crippen molar-refractivity contribution in [3.63, 3.8) is 0 Å². The highest BCUT2D eigenvalue weighted by Crippen LogP contribution is 2.16. The first-order valence-electron chi connectivity index (χ1n) is 5.46. The predicted octanol–water partition coefficient (Wildman–Crippen LogP) is 0.703. The monoisotopic (exact) mass is 250 g/mol. The van der Waals surface area contributed by atoms with Crippen LogP contribution in [0.4, 0.5) is 4.79 Å². The Bertz CT molecular complexity index is 198. The number of carbonyl (C=O) groups excluding carboxylic acids is 1. The second-order valence-corrected chi connectivity index (χ2v) is 6.00. The molecule has 0 aliphatic carbocycles. The topological polar surface area (TPSA) is 82.8 Å². The number of hydrogen-bond donors (Lipinski definition) is 2. The predicted molar refractivity (Wildman–Crippen MR) is 63.0 cm³/mol. The standard InChI is InChI=1S/C9H22N2O4Si/c1-4-14-16(13-3,15-5-2)8-6-7-11-9(10)12/h4-8H2,1-3H3,(H3,10,11,12). The molecule has 6 nitrogen and oxygen atoms in total. The Morgan fingerprint density at radius 2 is 1.88 bits per heavy atom. The van der Waals surface area contributed by atoms with Gasteiger partial charge in [-0.15, -0.1) is 0 Å². The van der Waals surface area contributed by atoms with E-state index in [1.807, 2.05) is 13.8 Å². The second kappa shape index (κ2) is 8.51. The van der Waals surface area contributed by atoms with E-state index in [-0.39, 0.29) is 0 Å². The van der Waals surface area contributed by atoms with Crippen LogP contribution >= 0.6 is 0 Å². The van der Waals surface area contributed by atoms with E-state index < -0.39 is 14.8 Å². The first kappa shape index (κ1) is 15.4. The Hall–Kier alpha value is -0.633. The zero-order chi connectivity index (χ0) is 12.4. The molecular weight excluding hydrogens is 228 g/mol. The fourth-order valence-electron chi connectivity index (χ4n) is 1.36. The van der Waals surface area contributed by atoms with Crippen LogP contribution in [0.1, 0.15) is 20.3 Å². The molecule has 0 atom stereocenters. The zero-order valence-corrected chi connectivity index (χ0v) is 11.2. The van der Waals surface area contributed by atoms with Crippen LogP contribution in [0.15, 0.2) is 0 Å². The van der Waals surface area contributed by atoms with Gasteiger partial charge < -0.3 is 24.3 Å². The minimum atomic E-state index is -2.53.